The average Bonchev–Trinajstić information content (AvgIpc) is 3.00. The SMILES string of the molecule is COC(=O)Cn1c(C(C)NC(=O)c2ccccc2C)nc2ccccc21. The number of carbonyl (C=O) groups is 2. The molecule has 0 aliphatic carbocycles. The number of aromatic nitrogens is 2. The van der Waals surface area contributed by atoms with E-state index in [1.165, 1.54) is 7.11 Å². The van der Waals surface area contributed by atoms with Gasteiger partial charge in [-0.3, -0.25) is 9.59 Å². The third-order valence-electron chi connectivity index (χ3n) is 4.32. The number of nitrogens with one attached hydrogen (secondary N) is 1. The number of fused-ring (bicyclic) bond motifs is 1. The van der Waals surface area contributed by atoms with E-state index in [-0.39, 0.29) is 24.5 Å². The van der Waals surface area contributed by atoms with Crippen LogP contribution in [0.15, 0.2) is 48.5 Å². The molecule has 6 heteroatoms. The predicted molar refractivity (Wildman–Crippen MR) is 98.8 cm³/mol. The zero-order chi connectivity index (χ0) is 18.7. The number of ether oxygens (including phenoxy) is 1. The van der Waals surface area contributed by atoms with Crippen molar-refractivity contribution in [3.05, 3.63) is 65.5 Å². The van der Waals surface area contributed by atoms with Gasteiger partial charge in [0.2, 0.25) is 0 Å². The van der Waals surface area contributed by atoms with Crippen molar-refractivity contribution in [3.63, 3.8) is 0 Å². The fourth-order valence-corrected chi connectivity index (χ4v) is 2.95. The predicted octanol–water partition coefficient (Wildman–Crippen LogP) is 3.01. The Labute approximate surface area is 151 Å². The van der Waals surface area contributed by atoms with Crippen LogP contribution in [0.5, 0.6) is 0 Å². The molecule has 26 heavy (non-hydrogen) atoms. The second kappa shape index (κ2) is 7.39. The molecule has 0 aliphatic heterocycles. The van der Waals surface area contributed by atoms with Crippen molar-refractivity contribution in [1.29, 1.82) is 0 Å². The van der Waals surface area contributed by atoms with Gasteiger partial charge < -0.3 is 14.6 Å². The number of para-hydroxylation sites is 2. The minimum atomic E-state index is -0.376. The lowest BCUT2D eigenvalue weighted by molar-refractivity contribution is -0.141. The van der Waals surface area contributed by atoms with Crippen molar-refractivity contribution in [2.75, 3.05) is 7.11 Å². The molecule has 2 aromatic carbocycles. The van der Waals surface area contributed by atoms with Gasteiger partial charge in [-0.2, -0.15) is 0 Å². The summed E-state index contributed by atoms with van der Waals surface area (Å²) in [5.41, 5.74) is 3.11. The fraction of sp³-hybridized carbons (Fsp3) is 0.250. The van der Waals surface area contributed by atoms with Gasteiger partial charge in [0, 0.05) is 5.56 Å². The molecule has 0 bridgehead atoms. The number of imidazole rings is 1. The van der Waals surface area contributed by atoms with Gasteiger partial charge in [0.05, 0.1) is 24.2 Å². The number of esters is 1. The Morgan fingerprint density at radius 2 is 1.85 bits per heavy atom. The highest BCUT2D eigenvalue weighted by molar-refractivity contribution is 5.95. The summed E-state index contributed by atoms with van der Waals surface area (Å²) in [5, 5.41) is 2.97. The zero-order valence-electron chi connectivity index (χ0n) is 15.0. The van der Waals surface area contributed by atoms with E-state index in [0.29, 0.717) is 11.4 Å². The van der Waals surface area contributed by atoms with Crippen LogP contribution in [0.2, 0.25) is 0 Å². The Balaban J connectivity index is 1.93. The van der Waals surface area contributed by atoms with Crippen LogP contribution in [0.25, 0.3) is 11.0 Å². The van der Waals surface area contributed by atoms with Crippen molar-refractivity contribution < 1.29 is 14.3 Å². The van der Waals surface area contributed by atoms with E-state index in [2.05, 4.69) is 10.3 Å². The summed E-state index contributed by atoms with van der Waals surface area (Å²) in [6.45, 7) is 3.79. The Morgan fingerprint density at radius 3 is 2.58 bits per heavy atom. The Morgan fingerprint density at radius 1 is 1.15 bits per heavy atom. The van der Waals surface area contributed by atoms with Crippen molar-refractivity contribution in [2.45, 2.75) is 26.4 Å². The number of methoxy groups -OCH3 is 1. The second-order valence-corrected chi connectivity index (χ2v) is 6.13. The molecule has 3 rings (SSSR count). The third kappa shape index (κ3) is 3.44. The van der Waals surface area contributed by atoms with E-state index < -0.39 is 0 Å². The molecule has 1 atom stereocenters. The van der Waals surface area contributed by atoms with E-state index in [0.717, 1.165) is 16.6 Å². The molecule has 1 unspecified atom stereocenters. The Bertz CT molecular complexity index is 962. The number of carbonyl (C=O) groups excluding carboxylic acids is 2. The lowest BCUT2D eigenvalue weighted by Gasteiger charge is -2.16. The Hall–Kier alpha value is -3.15. The highest BCUT2D eigenvalue weighted by Gasteiger charge is 2.21. The van der Waals surface area contributed by atoms with E-state index >= 15 is 0 Å². The number of hydrogen-bond donors (Lipinski definition) is 1. The molecule has 0 saturated carbocycles. The van der Waals surface area contributed by atoms with Crippen molar-refractivity contribution in [1.82, 2.24) is 14.9 Å². The van der Waals surface area contributed by atoms with Crippen LogP contribution in [-0.2, 0) is 16.1 Å². The molecule has 0 spiro atoms. The summed E-state index contributed by atoms with van der Waals surface area (Å²) in [6, 6.07) is 14.6. The summed E-state index contributed by atoms with van der Waals surface area (Å²) in [4.78, 5) is 29.1. The molecule has 0 aliphatic rings. The molecular formula is C20H21N3O3. The van der Waals surface area contributed by atoms with Gasteiger partial charge in [-0.05, 0) is 37.6 Å². The zero-order valence-corrected chi connectivity index (χ0v) is 15.0. The minimum Gasteiger partial charge on any atom is -0.468 e. The van der Waals surface area contributed by atoms with Crippen molar-refractivity contribution in [3.8, 4) is 0 Å². The average molecular weight is 351 g/mol. The van der Waals surface area contributed by atoms with Gasteiger partial charge in [0.15, 0.2) is 0 Å². The van der Waals surface area contributed by atoms with Crippen LogP contribution in [0.3, 0.4) is 0 Å². The van der Waals surface area contributed by atoms with Gasteiger partial charge in [-0.25, -0.2) is 4.98 Å². The summed E-state index contributed by atoms with van der Waals surface area (Å²) in [7, 11) is 1.35. The van der Waals surface area contributed by atoms with E-state index in [1.807, 2.05) is 56.3 Å². The minimum absolute atomic E-state index is 0.0386. The first kappa shape index (κ1) is 17.7. The maximum Gasteiger partial charge on any atom is 0.325 e. The number of hydrogen-bond acceptors (Lipinski definition) is 4. The van der Waals surface area contributed by atoms with Crippen molar-refractivity contribution >= 4 is 22.9 Å². The number of nitrogens with zero attached hydrogens (tertiary/aromatic N) is 2. The summed E-state index contributed by atoms with van der Waals surface area (Å²) < 4.78 is 6.58. The lowest BCUT2D eigenvalue weighted by atomic mass is 10.1. The first-order chi connectivity index (χ1) is 12.5. The van der Waals surface area contributed by atoms with Crippen LogP contribution in [0, 0.1) is 6.92 Å². The van der Waals surface area contributed by atoms with E-state index in [9.17, 15) is 9.59 Å². The van der Waals surface area contributed by atoms with Gasteiger partial charge in [-0.1, -0.05) is 30.3 Å². The second-order valence-electron chi connectivity index (χ2n) is 6.13. The number of aryl methyl sites for hydroxylation is 1. The van der Waals surface area contributed by atoms with Gasteiger partial charge in [-0.15, -0.1) is 0 Å². The van der Waals surface area contributed by atoms with Gasteiger partial charge in [0.1, 0.15) is 12.4 Å². The molecule has 0 saturated heterocycles. The Kier molecular flexibility index (Phi) is 5.02. The van der Waals surface area contributed by atoms with Crippen LogP contribution in [-0.4, -0.2) is 28.5 Å². The molecule has 0 radical (unpaired) electrons. The van der Waals surface area contributed by atoms with Crippen LogP contribution in [0.1, 0.15) is 34.7 Å². The van der Waals surface area contributed by atoms with Crippen LogP contribution in [0.4, 0.5) is 0 Å². The maximum atomic E-state index is 12.6. The smallest absolute Gasteiger partial charge is 0.325 e. The summed E-state index contributed by atoms with van der Waals surface area (Å²) in [6.07, 6.45) is 0. The maximum absolute atomic E-state index is 12.6. The molecule has 1 aromatic heterocycles. The lowest BCUT2D eigenvalue weighted by Crippen LogP contribution is -2.30. The van der Waals surface area contributed by atoms with Gasteiger partial charge >= 0.3 is 5.97 Å². The topological polar surface area (TPSA) is 73.2 Å². The van der Waals surface area contributed by atoms with Crippen LogP contribution >= 0.6 is 0 Å². The molecule has 6 nitrogen and oxygen atoms in total. The third-order valence-corrected chi connectivity index (χ3v) is 4.32. The summed E-state index contributed by atoms with van der Waals surface area (Å²) >= 11 is 0. The number of amides is 1. The number of rotatable bonds is 5. The first-order valence-electron chi connectivity index (χ1n) is 8.39. The standard InChI is InChI=1S/C20H21N3O3/c1-13-8-4-5-9-15(13)20(25)21-14(2)19-22-16-10-6-7-11-17(16)23(19)12-18(24)26-3/h4-11,14H,12H2,1-3H3,(H,21,25). The highest BCUT2D eigenvalue weighted by atomic mass is 16.5. The molecule has 0 fully saturated rings. The molecule has 3 aromatic rings. The highest BCUT2D eigenvalue weighted by Crippen LogP contribution is 2.21. The number of benzene rings is 2. The first-order valence-corrected chi connectivity index (χ1v) is 8.39. The normalized spacial score (nSPS) is 12.0. The van der Waals surface area contributed by atoms with Crippen LogP contribution < -0.4 is 5.32 Å². The van der Waals surface area contributed by atoms with E-state index in [1.54, 1.807) is 10.6 Å². The monoisotopic (exact) mass is 351 g/mol. The largest absolute Gasteiger partial charge is 0.468 e. The fourth-order valence-electron chi connectivity index (χ4n) is 2.95. The molecule has 1 amide bonds. The van der Waals surface area contributed by atoms with E-state index in [4.69, 9.17) is 4.74 Å². The van der Waals surface area contributed by atoms with Gasteiger partial charge in [0.25, 0.3) is 5.91 Å². The summed E-state index contributed by atoms with van der Waals surface area (Å²) in [5.74, 6) is 0.0673. The molecule has 1 N–H and O–H groups in total. The molecule has 134 valence electrons. The molecule has 1 heterocycles. The quantitative estimate of drug-likeness (QED) is 0.717. The van der Waals surface area contributed by atoms with Crippen molar-refractivity contribution in [2.24, 2.45) is 0 Å². The molecular weight excluding hydrogens is 330 g/mol.